The molecule has 0 nitrogen and oxygen atoms in total. The van der Waals surface area contributed by atoms with Crippen molar-refractivity contribution in [2.45, 2.75) is 150 Å². The lowest BCUT2D eigenvalue weighted by molar-refractivity contribution is 0.121. The molecule has 0 aliphatic rings. The molecule has 1 unspecified atom stereocenters. The van der Waals surface area contributed by atoms with Gasteiger partial charge in [0.1, 0.15) is 0 Å². The second kappa shape index (κ2) is 19.1. The number of allylic oxidation sites excluding steroid dienone is 1. The van der Waals surface area contributed by atoms with Gasteiger partial charge >= 0.3 is 0 Å². The number of unbranched alkanes of at least 4 members (excludes halogenated alkanes) is 11. The van der Waals surface area contributed by atoms with Crippen molar-refractivity contribution < 1.29 is 0 Å². The lowest BCUT2D eigenvalue weighted by Crippen LogP contribution is -2.30. The van der Waals surface area contributed by atoms with Crippen LogP contribution in [0.25, 0.3) is 0 Å². The lowest BCUT2D eigenvalue weighted by atomic mass is 9.64. The van der Waals surface area contributed by atoms with Gasteiger partial charge in [-0.25, -0.2) is 0 Å². The van der Waals surface area contributed by atoms with Crippen molar-refractivity contribution in [3.8, 4) is 0 Å². The van der Waals surface area contributed by atoms with E-state index in [4.69, 9.17) is 0 Å². The fourth-order valence-corrected chi connectivity index (χ4v) is 4.93. The maximum Gasteiger partial charge on any atom is -0.0180 e. The van der Waals surface area contributed by atoms with Crippen LogP contribution in [0, 0.1) is 11.3 Å². The van der Waals surface area contributed by atoms with Crippen LogP contribution in [0.1, 0.15) is 150 Å². The molecule has 162 valence electrons. The van der Waals surface area contributed by atoms with Crippen molar-refractivity contribution in [3.05, 3.63) is 12.7 Å². The molecule has 0 bridgehead atoms. The zero-order valence-corrected chi connectivity index (χ0v) is 19.8. The molecule has 0 aromatic rings. The van der Waals surface area contributed by atoms with Crippen LogP contribution < -0.4 is 0 Å². The highest BCUT2D eigenvalue weighted by molar-refractivity contribution is 4.95. The Bertz CT molecular complexity index is 277. The molecule has 0 heterocycles. The average Bonchev–Trinajstić information content (AvgIpc) is 2.67. The largest absolute Gasteiger partial charge is 0.103 e. The lowest BCUT2D eigenvalue weighted by Gasteiger charge is -2.41. The normalized spacial score (nSPS) is 13.0. The Kier molecular flexibility index (Phi) is 18.9. The number of hydrogen-bond acceptors (Lipinski definition) is 0. The summed E-state index contributed by atoms with van der Waals surface area (Å²) in [6, 6.07) is 0. The molecule has 0 aromatic heterocycles. The third kappa shape index (κ3) is 12.7. The molecule has 0 saturated carbocycles. The molecule has 1 atom stereocenters. The molecular weight excluding hydrogens is 324 g/mol. The Hall–Kier alpha value is -0.260. The first-order valence-corrected chi connectivity index (χ1v) is 12.8. The fourth-order valence-electron chi connectivity index (χ4n) is 4.93. The van der Waals surface area contributed by atoms with E-state index in [1.165, 1.54) is 122 Å². The van der Waals surface area contributed by atoms with Crippen LogP contribution in [0.3, 0.4) is 0 Å². The van der Waals surface area contributed by atoms with Crippen LogP contribution in [-0.2, 0) is 0 Å². The van der Waals surface area contributed by atoms with Gasteiger partial charge in [0.25, 0.3) is 0 Å². The van der Waals surface area contributed by atoms with Gasteiger partial charge in [-0.1, -0.05) is 130 Å². The standard InChI is InChI=1S/C27H54/c1-6-11-15-16-17-18-22-26(10-5)27(23-19-12-7-2,24-20-13-8-3)25-21-14-9-4/h10,26H,5-9,11-25H2,1-4H3. The first kappa shape index (κ1) is 26.7. The zero-order chi connectivity index (χ0) is 20.2. The molecule has 27 heavy (non-hydrogen) atoms. The molecule has 0 heteroatoms. The molecule has 0 spiro atoms. The SMILES string of the molecule is C=CC(CCCCCCCC)C(CCCCC)(CCCCC)CCCCC. The second-order valence-corrected chi connectivity index (χ2v) is 9.13. The van der Waals surface area contributed by atoms with Gasteiger partial charge in [0.05, 0.1) is 0 Å². The molecule has 0 amide bonds. The maximum atomic E-state index is 4.34. The minimum Gasteiger partial charge on any atom is -0.103 e. The highest BCUT2D eigenvalue weighted by Gasteiger charge is 2.35. The Morgan fingerprint density at radius 1 is 0.556 bits per heavy atom. The summed E-state index contributed by atoms with van der Waals surface area (Å²) in [6.07, 6.45) is 29.1. The van der Waals surface area contributed by atoms with Crippen molar-refractivity contribution in [3.63, 3.8) is 0 Å². The summed E-state index contributed by atoms with van der Waals surface area (Å²) in [4.78, 5) is 0. The van der Waals surface area contributed by atoms with Gasteiger partial charge in [-0.15, -0.1) is 6.58 Å². The highest BCUT2D eigenvalue weighted by Crippen LogP contribution is 2.46. The average molecular weight is 379 g/mol. The van der Waals surface area contributed by atoms with Crippen LogP contribution in [0.4, 0.5) is 0 Å². The first-order valence-electron chi connectivity index (χ1n) is 12.8. The van der Waals surface area contributed by atoms with Crippen LogP contribution in [0.15, 0.2) is 12.7 Å². The summed E-state index contributed by atoms with van der Waals surface area (Å²) in [5.41, 5.74) is 0.546. The van der Waals surface area contributed by atoms with Crippen molar-refractivity contribution in [1.29, 1.82) is 0 Å². The van der Waals surface area contributed by atoms with Gasteiger partial charge in [0.15, 0.2) is 0 Å². The molecular formula is C27H54. The fraction of sp³-hybridized carbons (Fsp3) is 0.926. The smallest absolute Gasteiger partial charge is 0.0180 e. The molecule has 0 N–H and O–H groups in total. The van der Waals surface area contributed by atoms with E-state index >= 15 is 0 Å². The predicted molar refractivity (Wildman–Crippen MR) is 127 cm³/mol. The third-order valence-electron chi connectivity index (χ3n) is 6.77. The number of hydrogen-bond donors (Lipinski definition) is 0. The van der Waals surface area contributed by atoms with Gasteiger partial charge in [0.2, 0.25) is 0 Å². The summed E-state index contributed by atoms with van der Waals surface area (Å²) in [5.74, 6) is 0.745. The summed E-state index contributed by atoms with van der Waals surface area (Å²) in [6.45, 7) is 13.7. The molecule has 0 aliphatic carbocycles. The summed E-state index contributed by atoms with van der Waals surface area (Å²) >= 11 is 0. The van der Waals surface area contributed by atoms with E-state index in [9.17, 15) is 0 Å². The Morgan fingerprint density at radius 2 is 0.926 bits per heavy atom. The summed E-state index contributed by atoms with van der Waals surface area (Å²) < 4.78 is 0. The minimum atomic E-state index is 0.546. The summed E-state index contributed by atoms with van der Waals surface area (Å²) in [5, 5.41) is 0. The van der Waals surface area contributed by atoms with Gasteiger partial charge in [0, 0.05) is 0 Å². The van der Waals surface area contributed by atoms with E-state index in [0.717, 1.165) is 5.92 Å². The third-order valence-corrected chi connectivity index (χ3v) is 6.77. The maximum absolute atomic E-state index is 4.34. The van der Waals surface area contributed by atoms with Gasteiger partial charge in [-0.2, -0.15) is 0 Å². The topological polar surface area (TPSA) is 0 Å². The van der Waals surface area contributed by atoms with Crippen molar-refractivity contribution in [2.75, 3.05) is 0 Å². The Balaban J connectivity index is 4.95. The first-order chi connectivity index (χ1) is 13.2. The zero-order valence-electron chi connectivity index (χ0n) is 19.8. The number of rotatable bonds is 21. The molecule has 0 aromatic carbocycles. The second-order valence-electron chi connectivity index (χ2n) is 9.13. The van der Waals surface area contributed by atoms with Crippen LogP contribution in [-0.4, -0.2) is 0 Å². The van der Waals surface area contributed by atoms with Crippen molar-refractivity contribution in [1.82, 2.24) is 0 Å². The minimum absolute atomic E-state index is 0.546. The highest BCUT2D eigenvalue weighted by atomic mass is 14.4. The van der Waals surface area contributed by atoms with E-state index in [1.54, 1.807) is 0 Å². The van der Waals surface area contributed by atoms with Crippen molar-refractivity contribution in [2.24, 2.45) is 11.3 Å². The van der Waals surface area contributed by atoms with E-state index in [1.807, 2.05) is 0 Å². The van der Waals surface area contributed by atoms with Crippen LogP contribution in [0.2, 0.25) is 0 Å². The molecule has 0 saturated heterocycles. The molecule has 0 radical (unpaired) electrons. The summed E-state index contributed by atoms with van der Waals surface area (Å²) in [7, 11) is 0. The quantitative estimate of drug-likeness (QED) is 0.138. The molecule has 0 aliphatic heterocycles. The van der Waals surface area contributed by atoms with E-state index in [0.29, 0.717) is 5.41 Å². The monoisotopic (exact) mass is 378 g/mol. The Labute approximate surface area is 174 Å². The van der Waals surface area contributed by atoms with E-state index in [2.05, 4.69) is 40.3 Å². The van der Waals surface area contributed by atoms with Crippen LogP contribution in [0.5, 0.6) is 0 Å². The van der Waals surface area contributed by atoms with Crippen molar-refractivity contribution >= 4 is 0 Å². The molecule has 0 fully saturated rings. The molecule has 0 rings (SSSR count). The van der Waals surface area contributed by atoms with Gasteiger partial charge in [-0.3, -0.25) is 0 Å². The van der Waals surface area contributed by atoms with E-state index < -0.39 is 0 Å². The van der Waals surface area contributed by atoms with Crippen LogP contribution >= 0.6 is 0 Å². The van der Waals surface area contributed by atoms with Gasteiger partial charge in [-0.05, 0) is 37.0 Å². The van der Waals surface area contributed by atoms with E-state index in [-0.39, 0.29) is 0 Å². The predicted octanol–water partition coefficient (Wildman–Crippen LogP) is 10.3. The Morgan fingerprint density at radius 3 is 1.33 bits per heavy atom. The van der Waals surface area contributed by atoms with Gasteiger partial charge < -0.3 is 0 Å².